The van der Waals surface area contributed by atoms with Gasteiger partial charge in [-0.2, -0.15) is 0 Å². The van der Waals surface area contributed by atoms with Crippen LogP contribution in [0.5, 0.6) is 0 Å². The number of benzene rings is 3. The summed E-state index contributed by atoms with van der Waals surface area (Å²) in [7, 11) is 0. The zero-order valence-corrected chi connectivity index (χ0v) is 19.8. The summed E-state index contributed by atoms with van der Waals surface area (Å²) in [6.45, 7) is 4.55. The van der Waals surface area contributed by atoms with Gasteiger partial charge in [-0.25, -0.2) is 0 Å². The summed E-state index contributed by atoms with van der Waals surface area (Å²) < 4.78 is 4.98. The third kappa shape index (κ3) is 2.81. The van der Waals surface area contributed by atoms with E-state index in [4.69, 9.17) is 0 Å². The first-order valence-electron chi connectivity index (χ1n) is 12.4. The van der Waals surface area contributed by atoms with Gasteiger partial charge in [0.1, 0.15) is 0 Å². The van der Waals surface area contributed by atoms with Crippen molar-refractivity contribution in [1.82, 2.24) is 9.13 Å². The van der Waals surface area contributed by atoms with Crippen molar-refractivity contribution in [2.45, 2.75) is 33.1 Å². The molecule has 2 aliphatic rings. The standard InChI is InChI=1S/C32H28N2/c1-21-12-15-24(16-13-21)34-29-11-7-6-10-25(29)27-19-32-28(20-31(27)34)26-18-22(2)14-17-30(26)33(32)23-8-4-3-5-9-23/h3-12,14-15,17,19-20,22H,13,16,18H2,1-2H3. The maximum Gasteiger partial charge on any atom is 0.0545 e. The summed E-state index contributed by atoms with van der Waals surface area (Å²) in [4.78, 5) is 0. The fourth-order valence-corrected chi connectivity index (χ4v) is 5.95. The predicted molar refractivity (Wildman–Crippen MR) is 145 cm³/mol. The second kappa shape index (κ2) is 7.36. The van der Waals surface area contributed by atoms with Crippen LogP contribution in [0.15, 0.2) is 90.5 Å². The molecule has 0 saturated heterocycles. The molecule has 3 aromatic carbocycles. The van der Waals surface area contributed by atoms with E-state index < -0.39 is 0 Å². The van der Waals surface area contributed by atoms with Gasteiger partial charge in [-0.15, -0.1) is 0 Å². The van der Waals surface area contributed by atoms with Gasteiger partial charge in [-0.05, 0) is 80.2 Å². The second-order valence-corrected chi connectivity index (χ2v) is 9.99. The molecule has 34 heavy (non-hydrogen) atoms. The highest BCUT2D eigenvalue weighted by Gasteiger charge is 2.23. The number of nitrogens with zero attached hydrogens (tertiary/aromatic N) is 2. The lowest BCUT2D eigenvalue weighted by atomic mass is 9.93. The third-order valence-electron chi connectivity index (χ3n) is 7.65. The van der Waals surface area contributed by atoms with Crippen molar-refractivity contribution < 1.29 is 0 Å². The van der Waals surface area contributed by atoms with Crippen molar-refractivity contribution in [2.75, 3.05) is 0 Å². The molecule has 1 atom stereocenters. The van der Waals surface area contributed by atoms with Crippen molar-refractivity contribution >= 4 is 44.5 Å². The van der Waals surface area contributed by atoms with E-state index in [-0.39, 0.29) is 0 Å². The van der Waals surface area contributed by atoms with Gasteiger partial charge >= 0.3 is 0 Å². The Labute approximate surface area is 200 Å². The zero-order valence-electron chi connectivity index (χ0n) is 19.8. The first-order valence-corrected chi connectivity index (χ1v) is 12.4. The van der Waals surface area contributed by atoms with E-state index in [2.05, 4.69) is 114 Å². The Kier molecular flexibility index (Phi) is 4.26. The molecule has 0 fully saturated rings. The number of allylic oxidation sites excluding steroid dienone is 5. The molecule has 0 spiro atoms. The largest absolute Gasteiger partial charge is 0.313 e. The van der Waals surface area contributed by atoms with E-state index in [9.17, 15) is 0 Å². The van der Waals surface area contributed by atoms with Gasteiger partial charge in [0.2, 0.25) is 0 Å². The van der Waals surface area contributed by atoms with Gasteiger partial charge in [0.15, 0.2) is 0 Å². The highest BCUT2D eigenvalue weighted by molar-refractivity contribution is 6.15. The number of fused-ring (bicyclic) bond motifs is 6. The molecule has 0 aliphatic heterocycles. The van der Waals surface area contributed by atoms with E-state index in [1.807, 2.05) is 0 Å². The van der Waals surface area contributed by atoms with Crippen LogP contribution in [0.25, 0.3) is 50.2 Å². The summed E-state index contributed by atoms with van der Waals surface area (Å²) in [6, 6.07) is 24.6. The Bertz CT molecular complexity index is 1690. The number of hydrogen-bond acceptors (Lipinski definition) is 0. The van der Waals surface area contributed by atoms with Gasteiger partial charge in [0.05, 0.1) is 16.6 Å². The van der Waals surface area contributed by atoms with Crippen LogP contribution in [-0.2, 0) is 6.42 Å². The molecule has 0 bridgehead atoms. The van der Waals surface area contributed by atoms with Gasteiger partial charge < -0.3 is 9.13 Å². The quantitative estimate of drug-likeness (QED) is 0.260. The lowest BCUT2D eigenvalue weighted by Crippen LogP contribution is -2.05. The van der Waals surface area contributed by atoms with Crippen LogP contribution in [0, 0.1) is 5.92 Å². The smallest absolute Gasteiger partial charge is 0.0545 e. The third-order valence-corrected chi connectivity index (χ3v) is 7.65. The molecule has 0 N–H and O–H groups in total. The Hall–Kier alpha value is -3.78. The Morgan fingerprint density at radius 2 is 1.50 bits per heavy atom. The molecule has 0 saturated carbocycles. The summed E-state index contributed by atoms with van der Waals surface area (Å²) in [5.74, 6) is 0.554. The number of hydrogen-bond donors (Lipinski definition) is 0. The van der Waals surface area contributed by atoms with E-state index in [0.29, 0.717) is 5.92 Å². The zero-order chi connectivity index (χ0) is 22.8. The van der Waals surface area contributed by atoms with Gasteiger partial charge in [-0.1, -0.05) is 61.0 Å². The summed E-state index contributed by atoms with van der Waals surface area (Å²) in [5, 5.41) is 4.04. The Balaban J connectivity index is 1.62. The summed E-state index contributed by atoms with van der Waals surface area (Å²) in [6.07, 6.45) is 12.6. The summed E-state index contributed by atoms with van der Waals surface area (Å²) in [5.41, 5.74) is 10.8. The molecular formula is C32H28N2. The monoisotopic (exact) mass is 440 g/mol. The lowest BCUT2D eigenvalue weighted by Gasteiger charge is -2.16. The van der Waals surface area contributed by atoms with Crippen LogP contribution >= 0.6 is 0 Å². The predicted octanol–water partition coefficient (Wildman–Crippen LogP) is 8.52. The number of aromatic nitrogens is 2. The Morgan fingerprint density at radius 3 is 2.32 bits per heavy atom. The maximum atomic E-state index is 2.52. The van der Waals surface area contributed by atoms with Crippen LogP contribution in [0.3, 0.4) is 0 Å². The average molecular weight is 441 g/mol. The molecule has 2 aromatic heterocycles. The lowest BCUT2D eigenvalue weighted by molar-refractivity contribution is 0.718. The molecule has 166 valence electrons. The minimum absolute atomic E-state index is 0.554. The van der Waals surface area contributed by atoms with Crippen molar-refractivity contribution in [3.63, 3.8) is 0 Å². The van der Waals surface area contributed by atoms with Crippen molar-refractivity contribution in [1.29, 1.82) is 0 Å². The normalized spacial score (nSPS) is 17.9. The van der Waals surface area contributed by atoms with Crippen LogP contribution in [0.4, 0.5) is 0 Å². The molecule has 2 nitrogen and oxygen atoms in total. The van der Waals surface area contributed by atoms with Crippen LogP contribution in [-0.4, -0.2) is 9.13 Å². The number of para-hydroxylation sites is 2. The van der Waals surface area contributed by atoms with E-state index in [1.165, 1.54) is 60.9 Å². The molecular weight excluding hydrogens is 412 g/mol. The molecule has 0 radical (unpaired) electrons. The molecule has 7 rings (SSSR count). The topological polar surface area (TPSA) is 9.86 Å². The van der Waals surface area contributed by atoms with Crippen LogP contribution in [0.1, 0.15) is 37.9 Å². The minimum Gasteiger partial charge on any atom is -0.313 e. The fraction of sp³-hybridized carbons (Fsp3) is 0.188. The van der Waals surface area contributed by atoms with E-state index in [1.54, 1.807) is 0 Å². The van der Waals surface area contributed by atoms with Crippen molar-refractivity contribution in [3.8, 4) is 5.69 Å². The first-order chi connectivity index (χ1) is 16.7. The Morgan fingerprint density at radius 1 is 0.735 bits per heavy atom. The van der Waals surface area contributed by atoms with Crippen molar-refractivity contribution in [2.24, 2.45) is 5.92 Å². The maximum absolute atomic E-state index is 2.52. The highest BCUT2D eigenvalue weighted by Crippen LogP contribution is 2.41. The van der Waals surface area contributed by atoms with Gasteiger partial charge in [-0.3, -0.25) is 0 Å². The van der Waals surface area contributed by atoms with Crippen molar-refractivity contribution in [3.05, 3.63) is 102 Å². The second-order valence-electron chi connectivity index (χ2n) is 9.99. The molecule has 0 amide bonds. The minimum atomic E-state index is 0.554. The fourth-order valence-electron chi connectivity index (χ4n) is 5.95. The van der Waals surface area contributed by atoms with Crippen LogP contribution < -0.4 is 0 Å². The van der Waals surface area contributed by atoms with Gasteiger partial charge in [0.25, 0.3) is 0 Å². The average Bonchev–Trinajstić information content (AvgIpc) is 3.36. The molecule has 5 aromatic rings. The molecule has 2 heteroatoms. The van der Waals surface area contributed by atoms with Gasteiger partial charge in [0, 0.05) is 33.2 Å². The van der Waals surface area contributed by atoms with Crippen LogP contribution in [0.2, 0.25) is 0 Å². The molecule has 2 aliphatic carbocycles. The highest BCUT2D eigenvalue weighted by atomic mass is 15.0. The number of rotatable bonds is 2. The molecule has 1 unspecified atom stereocenters. The summed E-state index contributed by atoms with van der Waals surface area (Å²) >= 11 is 0. The van der Waals surface area contributed by atoms with E-state index >= 15 is 0 Å². The van der Waals surface area contributed by atoms with E-state index in [0.717, 1.165) is 19.3 Å². The molecule has 2 heterocycles. The SMILES string of the molecule is CC1=CC=C(n2c3ccccc3c3cc4c(cc32)c2c(n4-c3ccccc3)C=CC(C)C2)CC1. The first kappa shape index (κ1) is 19.7.